The van der Waals surface area contributed by atoms with Crippen LogP contribution < -0.4 is 5.32 Å². The number of rotatable bonds is 5. The van der Waals surface area contributed by atoms with Gasteiger partial charge in [0.25, 0.3) is 11.6 Å². The molecule has 0 aromatic carbocycles. The number of halogens is 1. The lowest BCUT2D eigenvalue weighted by Crippen LogP contribution is -2.26. The van der Waals surface area contributed by atoms with Gasteiger partial charge in [0.05, 0.1) is 10.5 Å². The lowest BCUT2D eigenvalue weighted by Gasteiger charge is -2.04. The summed E-state index contributed by atoms with van der Waals surface area (Å²) in [6.45, 7) is 1.89. The van der Waals surface area contributed by atoms with E-state index in [1.165, 1.54) is 0 Å². The zero-order chi connectivity index (χ0) is 15.4. The molecule has 0 bridgehead atoms. The van der Waals surface area contributed by atoms with Gasteiger partial charge < -0.3 is 9.84 Å². The third-order valence-corrected chi connectivity index (χ3v) is 2.79. The summed E-state index contributed by atoms with van der Waals surface area (Å²) in [6, 6.07) is 1.07. The zero-order valence-electron chi connectivity index (χ0n) is 10.9. The summed E-state index contributed by atoms with van der Waals surface area (Å²) < 4.78 is 4.79. The minimum atomic E-state index is -0.651. The van der Waals surface area contributed by atoms with Crippen LogP contribution in [0.1, 0.15) is 22.1 Å². The predicted octanol–water partition coefficient (Wildman–Crippen LogP) is 1.31. The molecule has 0 atom stereocenters. The van der Waals surface area contributed by atoms with Crippen LogP contribution in [-0.2, 0) is 6.42 Å². The van der Waals surface area contributed by atoms with E-state index in [4.69, 9.17) is 16.1 Å². The highest BCUT2D eigenvalue weighted by Crippen LogP contribution is 2.18. The molecule has 21 heavy (non-hydrogen) atoms. The van der Waals surface area contributed by atoms with Crippen LogP contribution in [-0.4, -0.2) is 32.5 Å². The number of nitrogens with zero attached hydrogens (tertiary/aromatic N) is 4. The second-order valence-electron chi connectivity index (χ2n) is 4.02. The highest BCUT2D eigenvalue weighted by molar-refractivity contribution is 6.32. The number of nitro groups is 1. The number of carbonyl (C=O) groups excluding carboxylic acids is 1. The van der Waals surface area contributed by atoms with Crippen molar-refractivity contribution in [3.63, 3.8) is 0 Å². The zero-order valence-corrected chi connectivity index (χ0v) is 11.6. The van der Waals surface area contributed by atoms with Crippen molar-refractivity contribution in [3.8, 4) is 0 Å². The topological polar surface area (TPSA) is 124 Å². The lowest BCUT2D eigenvalue weighted by molar-refractivity contribution is -0.385. The number of hydrogen-bond acceptors (Lipinski definition) is 7. The molecule has 0 aliphatic carbocycles. The molecule has 1 N–H and O–H groups in total. The molecule has 0 aliphatic rings. The largest absolute Gasteiger partial charge is 0.351 e. The number of amides is 1. The minimum absolute atomic E-state index is 0.0600. The Hall–Kier alpha value is -2.55. The van der Waals surface area contributed by atoms with Gasteiger partial charge >= 0.3 is 0 Å². The number of nitrogens with one attached hydrogen (secondary N) is 1. The van der Waals surface area contributed by atoms with Gasteiger partial charge in [-0.25, -0.2) is 4.98 Å². The minimum Gasteiger partial charge on any atom is -0.351 e. The summed E-state index contributed by atoms with van der Waals surface area (Å²) in [6.07, 6.45) is 1.35. The van der Waals surface area contributed by atoms with Crippen LogP contribution >= 0.6 is 11.6 Å². The first-order valence-electron chi connectivity index (χ1n) is 5.84. The van der Waals surface area contributed by atoms with E-state index >= 15 is 0 Å². The van der Waals surface area contributed by atoms with Crippen LogP contribution in [0.2, 0.25) is 5.15 Å². The number of aromatic nitrogens is 3. The van der Waals surface area contributed by atoms with Crippen molar-refractivity contribution in [3.05, 3.63) is 44.8 Å². The molecule has 2 aromatic rings. The van der Waals surface area contributed by atoms with Crippen molar-refractivity contribution >= 4 is 23.2 Å². The lowest BCUT2D eigenvalue weighted by atomic mass is 10.2. The summed E-state index contributed by atoms with van der Waals surface area (Å²) in [5, 5.41) is 16.8. The number of carbonyl (C=O) groups is 1. The highest BCUT2D eigenvalue weighted by atomic mass is 35.5. The van der Waals surface area contributed by atoms with E-state index in [1.807, 2.05) is 0 Å². The quantitative estimate of drug-likeness (QED) is 0.501. The van der Waals surface area contributed by atoms with Gasteiger partial charge in [0.15, 0.2) is 5.82 Å². The monoisotopic (exact) mass is 311 g/mol. The molecule has 0 spiro atoms. The third-order valence-electron chi connectivity index (χ3n) is 2.48. The first-order valence-corrected chi connectivity index (χ1v) is 6.22. The van der Waals surface area contributed by atoms with Crippen LogP contribution in [0.4, 0.5) is 5.69 Å². The van der Waals surface area contributed by atoms with E-state index in [0.29, 0.717) is 18.1 Å². The molecule has 0 unspecified atom stereocenters. The Balaban J connectivity index is 1.99. The molecule has 2 rings (SSSR count). The first-order chi connectivity index (χ1) is 9.97. The van der Waals surface area contributed by atoms with Gasteiger partial charge in [-0.1, -0.05) is 16.8 Å². The Labute approximate surface area is 123 Å². The fourth-order valence-corrected chi connectivity index (χ4v) is 1.71. The average Bonchev–Trinajstić information content (AvgIpc) is 2.84. The van der Waals surface area contributed by atoms with E-state index in [0.717, 1.165) is 12.3 Å². The molecule has 2 aromatic heterocycles. The Morgan fingerprint density at radius 1 is 1.57 bits per heavy atom. The van der Waals surface area contributed by atoms with Gasteiger partial charge in [-0.15, -0.1) is 0 Å². The predicted molar refractivity (Wildman–Crippen MR) is 71.0 cm³/mol. The molecule has 110 valence electrons. The van der Waals surface area contributed by atoms with Crippen molar-refractivity contribution in [1.82, 2.24) is 20.4 Å². The fourth-order valence-electron chi connectivity index (χ4n) is 1.52. The molecule has 1 amide bonds. The Morgan fingerprint density at radius 2 is 2.33 bits per heavy atom. The molecule has 0 saturated carbocycles. The van der Waals surface area contributed by atoms with Gasteiger partial charge in [-0.05, 0) is 0 Å². The summed E-state index contributed by atoms with van der Waals surface area (Å²) in [5.74, 6) is 0.328. The van der Waals surface area contributed by atoms with Gasteiger partial charge in [0, 0.05) is 26.0 Å². The van der Waals surface area contributed by atoms with E-state index in [1.54, 1.807) is 6.92 Å². The standard InChI is InChI=1S/C11H10ClN5O4/c1-6-15-9(16-21-6)2-3-13-11(18)8-4-7(17(19)20)5-14-10(8)12/h4-5H,2-3H2,1H3,(H,13,18). The Kier molecular flexibility index (Phi) is 4.43. The smallest absolute Gasteiger partial charge is 0.288 e. The normalized spacial score (nSPS) is 10.4. The number of aryl methyl sites for hydroxylation is 1. The maximum Gasteiger partial charge on any atom is 0.288 e. The average molecular weight is 312 g/mol. The molecule has 0 saturated heterocycles. The van der Waals surface area contributed by atoms with Crippen molar-refractivity contribution in [2.75, 3.05) is 6.54 Å². The van der Waals surface area contributed by atoms with E-state index in [9.17, 15) is 14.9 Å². The van der Waals surface area contributed by atoms with Gasteiger partial charge in [-0.3, -0.25) is 14.9 Å². The highest BCUT2D eigenvalue weighted by Gasteiger charge is 2.17. The van der Waals surface area contributed by atoms with E-state index < -0.39 is 10.8 Å². The maximum atomic E-state index is 11.9. The number of hydrogen-bond donors (Lipinski definition) is 1. The van der Waals surface area contributed by atoms with Crippen LogP contribution in [0.15, 0.2) is 16.8 Å². The maximum absolute atomic E-state index is 11.9. The van der Waals surface area contributed by atoms with Gasteiger partial charge in [-0.2, -0.15) is 4.98 Å². The molecule has 9 nitrogen and oxygen atoms in total. The van der Waals surface area contributed by atoms with Crippen molar-refractivity contribution in [2.24, 2.45) is 0 Å². The Bertz CT molecular complexity index is 687. The molecular weight excluding hydrogens is 302 g/mol. The first kappa shape index (κ1) is 14.9. The van der Waals surface area contributed by atoms with Crippen molar-refractivity contribution in [1.29, 1.82) is 0 Å². The molecule has 10 heteroatoms. The van der Waals surface area contributed by atoms with Crippen LogP contribution in [0.5, 0.6) is 0 Å². The summed E-state index contributed by atoms with van der Waals surface area (Å²) in [5.41, 5.74) is -0.367. The number of pyridine rings is 1. The fraction of sp³-hybridized carbons (Fsp3) is 0.273. The van der Waals surface area contributed by atoms with Gasteiger partial charge in [0.1, 0.15) is 11.3 Å². The summed E-state index contributed by atoms with van der Waals surface area (Å²) in [4.78, 5) is 29.5. The van der Waals surface area contributed by atoms with Crippen molar-refractivity contribution < 1.29 is 14.2 Å². The summed E-state index contributed by atoms with van der Waals surface area (Å²) >= 11 is 5.76. The molecule has 2 heterocycles. The van der Waals surface area contributed by atoms with Crippen molar-refractivity contribution in [2.45, 2.75) is 13.3 Å². The van der Waals surface area contributed by atoms with Crippen LogP contribution in [0.25, 0.3) is 0 Å². The summed E-state index contributed by atoms with van der Waals surface area (Å²) in [7, 11) is 0. The SMILES string of the molecule is Cc1nc(CCNC(=O)c2cc([N+](=O)[O-])cnc2Cl)no1. The van der Waals surface area contributed by atoms with Crippen LogP contribution in [0.3, 0.4) is 0 Å². The third kappa shape index (κ3) is 3.72. The second-order valence-corrected chi connectivity index (χ2v) is 4.38. The van der Waals surface area contributed by atoms with E-state index in [-0.39, 0.29) is 22.9 Å². The Morgan fingerprint density at radius 3 is 2.95 bits per heavy atom. The van der Waals surface area contributed by atoms with E-state index in [2.05, 4.69) is 20.4 Å². The van der Waals surface area contributed by atoms with Crippen LogP contribution in [0, 0.1) is 17.0 Å². The molecule has 0 fully saturated rings. The molecule has 0 radical (unpaired) electrons. The molecule has 0 aliphatic heterocycles. The molecular formula is C11H10ClN5O4. The van der Waals surface area contributed by atoms with Gasteiger partial charge in [0.2, 0.25) is 5.89 Å². The second kappa shape index (κ2) is 6.27.